The first-order chi connectivity index (χ1) is 10.2. The van der Waals surface area contributed by atoms with Gasteiger partial charge in [-0.15, -0.1) is 0 Å². The van der Waals surface area contributed by atoms with Crippen LogP contribution in [0.3, 0.4) is 0 Å². The van der Waals surface area contributed by atoms with Crippen molar-refractivity contribution >= 4 is 12.1 Å². The number of amides is 1. The molecule has 0 spiro atoms. The Morgan fingerprint density at radius 2 is 1.90 bits per heavy atom. The van der Waals surface area contributed by atoms with Gasteiger partial charge in [0.05, 0.1) is 19.3 Å². The third-order valence-electron chi connectivity index (χ3n) is 3.67. The predicted molar refractivity (Wildman–Crippen MR) is 78.4 cm³/mol. The number of ether oxygens (including phenoxy) is 2. The van der Waals surface area contributed by atoms with Gasteiger partial charge in [-0.05, 0) is 24.1 Å². The molecule has 5 heteroatoms. The minimum absolute atomic E-state index is 0.231. The van der Waals surface area contributed by atoms with Gasteiger partial charge in [-0.3, -0.25) is 0 Å². The highest BCUT2D eigenvalue weighted by molar-refractivity contribution is 5.89. The highest BCUT2D eigenvalue weighted by atomic mass is 16.6. The number of hydrogen-bond donors (Lipinski definition) is 0. The number of methoxy groups -OCH3 is 1. The molecule has 1 saturated heterocycles. The van der Waals surface area contributed by atoms with E-state index in [1.807, 2.05) is 12.1 Å². The van der Waals surface area contributed by atoms with E-state index in [4.69, 9.17) is 4.74 Å². The smallest absolute Gasteiger partial charge is 0.409 e. The second-order valence-corrected chi connectivity index (χ2v) is 5.18. The van der Waals surface area contributed by atoms with Crippen LogP contribution in [0.4, 0.5) is 4.79 Å². The average Bonchev–Trinajstić information content (AvgIpc) is 2.46. The lowest BCUT2D eigenvalue weighted by Crippen LogP contribution is -2.48. The van der Waals surface area contributed by atoms with Crippen molar-refractivity contribution in [2.24, 2.45) is 0 Å². The Morgan fingerprint density at radius 3 is 2.48 bits per heavy atom. The maximum Gasteiger partial charge on any atom is 0.409 e. The molecule has 1 aliphatic rings. The lowest BCUT2D eigenvalue weighted by molar-refractivity contribution is 0.0600. The minimum atomic E-state index is -0.337. The van der Waals surface area contributed by atoms with E-state index in [2.05, 4.69) is 11.7 Å². The van der Waals surface area contributed by atoms with Gasteiger partial charge in [0.25, 0.3) is 0 Å². The van der Waals surface area contributed by atoms with Crippen molar-refractivity contribution in [3.05, 3.63) is 35.4 Å². The van der Waals surface area contributed by atoms with E-state index in [-0.39, 0.29) is 12.1 Å². The Balaban J connectivity index is 1.81. The van der Waals surface area contributed by atoms with Crippen LogP contribution in [-0.4, -0.2) is 43.8 Å². The zero-order valence-corrected chi connectivity index (χ0v) is 12.5. The molecule has 0 radical (unpaired) electrons. The van der Waals surface area contributed by atoms with Gasteiger partial charge in [0.1, 0.15) is 0 Å². The van der Waals surface area contributed by atoms with Gasteiger partial charge in [-0.1, -0.05) is 25.5 Å². The summed E-state index contributed by atoms with van der Waals surface area (Å²) in [5.41, 5.74) is 1.66. The van der Waals surface area contributed by atoms with E-state index in [0.29, 0.717) is 31.2 Å². The summed E-state index contributed by atoms with van der Waals surface area (Å²) in [7, 11) is 1.37. The van der Waals surface area contributed by atoms with Crippen LogP contribution in [0.2, 0.25) is 0 Å². The average molecular weight is 291 g/mol. The molecule has 0 N–H and O–H groups in total. The Hall–Kier alpha value is -2.04. The van der Waals surface area contributed by atoms with Crippen molar-refractivity contribution in [1.82, 2.24) is 4.90 Å². The number of unbranched alkanes of at least 4 members (excludes halogenated alkanes) is 1. The van der Waals surface area contributed by atoms with E-state index in [1.54, 1.807) is 17.0 Å². The van der Waals surface area contributed by atoms with Gasteiger partial charge in [0.15, 0.2) is 0 Å². The van der Waals surface area contributed by atoms with Crippen molar-refractivity contribution in [2.75, 3.05) is 26.8 Å². The van der Waals surface area contributed by atoms with E-state index in [1.165, 1.54) is 7.11 Å². The number of nitrogens with zero attached hydrogens (tertiary/aromatic N) is 1. The summed E-state index contributed by atoms with van der Waals surface area (Å²) in [6, 6.07) is 7.33. The summed E-state index contributed by atoms with van der Waals surface area (Å²) in [5, 5.41) is 0. The molecule has 0 aromatic heterocycles. The molecule has 1 aromatic carbocycles. The molecule has 21 heavy (non-hydrogen) atoms. The van der Waals surface area contributed by atoms with Gasteiger partial charge in [0, 0.05) is 19.0 Å². The van der Waals surface area contributed by atoms with Crippen LogP contribution in [0, 0.1) is 0 Å². The standard InChI is InChI=1S/C16H21NO4/c1-3-4-9-21-16(19)17-10-14(11-17)12-5-7-13(8-6-12)15(18)20-2/h5-8,14H,3-4,9-11H2,1-2H3. The number of esters is 1. The Labute approximate surface area is 124 Å². The zero-order chi connectivity index (χ0) is 15.2. The molecule has 0 bridgehead atoms. The molecule has 1 aromatic rings. The fraction of sp³-hybridized carbons (Fsp3) is 0.500. The van der Waals surface area contributed by atoms with Crippen LogP contribution < -0.4 is 0 Å². The molecule has 1 fully saturated rings. The van der Waals surface area contributed by atoms with Crippen LogP contribution >= 0.6 is 0 Å². The highest BCUT2D eigenvalue weighted by Crippen LogP contribution is 2.27. The van der Waals surface area contributed by atoms with Crippen LogP contribution in [0.25, 0.3) is 0 Å². The summed E-state index contributed by atoms with van der Waals surface area (Å²) in [4.78, 5) is 24.8. The molecule has 1 amide bonds. The number of rotatable bonds is 5. The second-order valence-electron chi connectivity index (χ2n) is 5.18. The number of likely N-dealkylation sites (tertiary alicyclic amines) is 1. The first kappa shape index (κ1) is 15.4. The zero-order valence-electron chi connectivity index (χ0n) is 12.5. The van der Waals surface area contributed by atoms with Gasteiger partial charge in [0.2, 0.25) is 0 Å². The molecule has 1 aliphatic heterocycles. The maximum absolute atomic E-state index is 11.7. The maximum atomic E-state index is 11.7. The Kier molecular flexibility index (Phi) is 5.20. The second kappa shape index (κ2) is 7.11. The van der Waals surface area contributed by atoms with Crippen molar-refractivity contribution < 1.29 is 19.1 Å². The lowest BCUT2D eigenvalue weighted by Gasteiger charge is -2.38. The number of benzene rings is 1. The molecule has 5 nitrogen and oxygen atoms in total. The monoisotopic (exact) mass is 291 g/mol. The first-order valence-electron chi connectivity index (χ1n) is 7.25. The molecule has 0 aliphatic carbocycles. The van der Waals surface area contributed by atoms with Crippen LogP contribution in [0.15, 0.2) is 24.3 Å². The Morgan fingerprint density at radius 1 is 1.24 bits per heavy atom. The summed E-state index contributed by atoms with van der Waals surface area (Å²) >= 11 is 0. The van der Waals surface area contributed by atoms with Crippen molar-refractivity contribution in [2.45, 2.75) is 25.7 Å². The van der Waals surface area contributed by atoms with E-state index < -0.39 is 0 Å². The number of carbonyl (C=O) groups is 2. The Bertz CT molecular complexity index is 492. The molecule has 114 valence electrons. The van der Waals surface area contributed by atoms with E-state index in [0.717, 1.165) is 18.4 Å². The summed E-state index contributed by atoms with van der Waals surface area (Å²) < 4.78 is 9.83. The van der Waals surface area contributed by atoms with Crippen LogP contribution in [0.5, 0.6) is 0 Å². The molecular formula is C16H21NO4. The fourth-order valence-corrected chi connectivity index (χ4v) is 2.24. The quantitative estimate of drug-likeness (QED) is 0.618. The summed E-state index contributed by atoms with van der Waals surface area (Å²) in [5.74, 6) is -0.0216. The third-order valence-corrected chi connectivity index (χ3v) is 3.67. The lowest BCUT2D eigenvalue weighted by atomic mass is 9.91. The van der Waals surface area contributed by atoms with Crippen LogP contribution in [0.1, 0.15) is 41.6 Å². The SMILES string of the molecule is CCCCOC(=O)N1CC(c2ccc(C(=O)OC)cc2)C1. The largest absolute Gasteiger partial charge is 0.465 e. The highest BCUT2D eigenvalue weighted by Gasteiger charge is 2.32. The summed E-state index contributed by atoms with van der Waals surface area (Å²) in [6.45, 7) is 3.89. The first-order valence-corrected chi connectivity index (χ1v) is 7.25. The van der Waals surface area contributed by atoms with Crippen molar-refractivity contribution in [3.63, 3.8) is 0 Å². The van der Waals surface area contributed by atoms with E-state index in [9.17, 15) is 9.59 Å². The minimum Gasteiger partial charge on any atom is -0.465 e. The molecular weight excluding hydrogens is 270 g/mol. The fourth-order valence-electron chi connectivity index (χ4n) is 2.24. The van der Waals surface area contributed by atoms with Gasteiger partial charge >= 0.3 is 12.1 Å². The topological polar surface area (TPSA) is 55.8 Å². The molecule has 0 atom stereocenters. The molecule has 0 saturated carbocycles. The number of hydrogen-bond acceptors (Lipinski definition) is 4. The van der Waals surface area contributed by atoms with Crippen LogP contribution in [-0.2, 0) is 9.47 Å². The predicted octanol–water partition coefficient (Wildman–Crippen LogP) is 2.81. The van der Waals surface area contributed by atoms with E-state index >= 15 is 0 Å². The van der Waals surface area contributed by atoms with Crippen molar-refractivity contribution in [1.29, 1.82) is 0 Å². The van der Waals surface area contributed by atoms with Gasteiger partial charge in [-0.2, -0.15) is 0 Å². The van der Waals surface area contributed by atoms with Crippen molar-refractivity contribution in [3.8, 4) is 0 Å². The molecule has 2 rings (SSSR count). The van der Waals surface area contributed by atoms with Gasteiger partial charge in [-0.25, -0.2) is 9.59 Å². The summed E-state index contributed by atoms with van der Waals surface area (Å²) in [6.07, 6.45) is 1.69. The normalized spacial score (nSPS) is 14.5. The third kappa shape index (κ3) is 3.74. The van der Waals surface area contributed by atoms with Gasteiger partial charge < -0.3 is 14.4 Å². The number of carbonyl (C=O) groups excluding carboxylic acids is 2. The molecule has 0 unspecified atom stereocenters. The molecule has 1 heterocycles.